The Kier molecular flexibility index (Phi) is 8.18. The lowest BCUT2D eigenvalue weighted by molar-refractivity contribution is 0.729. The summed E-state index contributed by atoms with van der Waals surface area (Å²) < 4.78 is 0.812. The van der Waals surface area contributed by atoms with Crippen LogP contribution in [0.5, 0.6) is 0 Å². The molecule has 0 heterocycles. The Hall–Kier alpha value is 2.88. The van der Waals surface area contributed by atoms with Crippen molar-refractivity contribution in [3.8, 4) is 0 Å². The summed E-state index contributed by atoms with van der Waals surface area (Å²) in [4.78, 5) is 0. The molecule has 0 atom stereocenters. The molecule has 0 rings (SSSR count). The summed E-state index contributed by atoms with van der Waals surface area (Å²) >= 11 is 20.6. The summed E-state index contributed by atoms with van der Waals surface area (Å²) in [7, 11) is 0. The number of hydrogen-bond donors (Lipinski definition) is 0. The van der Waals surface area contributed by atoms with E-state index in [1.54, 1.807) is 0 Å². The first-order valence-corrected chi connectivity index (χ1v) is 7.80. The number of rotatable bonds is 3. The molecule has 0 aromatic carbocycles. The maximum absolute atomic E-state index is 3.44. The first-order valence-electron chi connectivity index (χ1n) is 2.31. The summed E-state index contributed by atoms with van der Waals surface area (Å²) in [6.45, 7) is 0. The molecule has 0 radical (unpaired) electrons. The van der Waals surface area contributed by atoms with E-state index >= 15 is 0 Å². The van der Waals surface area contributed by atoms with Crippen LogP contribution in [-0.4, -0.2) is 11.2 Å². The molecule has 0 unspecified atom stereocenters. The van der Waals surface area contributed by atoms with Gasteiger partial charge in [-0.1, -0.05) is 95.6 Å². The fourth-order valence-corrected chi connectivity index (χ4v) is 8.91. The molecule has 0 saturated carbocycles. The smallest absolute Gasteiger partial charge is 0.0760 e. The third-order valence-electron chi connectivity index (χ3n) is 0.873. The van der Waals surface area contributed by atoms with Gasteiger partial charge in [-0.2, -0.15) is 0 Å². The minimum atomic E-state index is 0.271. The van der Waals surface area contributed by atoms with Crippen LogP contribution in [-0.2, 0) is 0 Å². The van der Waals surface area contributed by atoms with Gasteiger partial charge in [0.15, 0.2) is 0 Å². The predicted molar refractivity (Wildman–Crippen MR) is 68.4 cm³/mol. The third-order valence-corrected chi connectivity index (χ3v) is 4.54. The number of halogens is 6. The highest BCUT2D eigenvalue weighted by Gasteiger charge is 2.27. The maximum atomic E-state index is 3.44. The Morgan fingerprint density at radius 3 is 0.700 bits per heavy atom. The number of alkyl halides is 6. The second-order valence-electron chi connectivity index (χ2n) is 1.58. The van der Waals surface area contributed by atoms with Gasteiger partial charge in [-0.25, -0.2) is 0 Å². The topological polar surface area (TPSA) is 0 Å². The predicted octanol–water partition coefficient (Wildman–Crippen LogP) is 4.95. The van der Waals surface area contributed by atoms with Crippen molar-refractivity contribution >= 4 is 95.6 Å². The molecular weight excluding hydrogens is 527 g/mol. The summed E-state index contributed by atoms with van der Waals surface area (Å²) in [5, 5.41) is 0. The first kappa shape index (κ1) is 12.9. The molecule has 0 aromatic rings. The molecule has 62 valence electrons. The molecule has 0 fully saturated rings. The first-order chi connectivity index (χ1) is 4.46. The lowest BCUT2D eigenvalue weighted by Gasteiger charge is -2.20. The minimum Gasteiger partial charge on any atom is -0.0760 e. The van der Waals surface area contributed by atoms with Crippen molar-refractivity contribution in [2.24, 2.45) is 5.92 Å². The Morgan fingerprint density at radius 2 is 0.700 bits per heavy atom. The van der Waals surface area contributed by atoms with Crippen LogP contribution < -0.4 is 0 Å². The third kappa shape index (κ3) is 4.80. The quantitative estimate of drug-likeness (QED) is 0.453. The van der Waals surface area contributed by atoms with E-state index in [0.717, 1.165) is 0 Å². The van der Waals surface area contributed by atoms with E-state index < -0.39 is 0 Å². The largest absolute Gasteiger partial charge is 0.0763 e. The van der Waals surface area contributed by atoms with Crippen LogP contribution in [0.2, 0.25) is 0 Å². The highest BCUT2D eigenvalue weighted by atomic mass is 79.9. The van der Waals surface area contributed by atoms with E-state index in [2.05, 4.69) is 95.6 Å². The van der Waals surface area contributed by atoms with Gasteiger partial charge in [-0.3, -0.25) is 0 Å². The van der Waals surface area contributed by atoms with E-state index in [0.29, 0.717) is 5.92 Å². The van der Waals surface area contributed by atoms with E-state index in [9.17, 15) is 0 Å². The molecule has 0 aliphatic heterocycles. The molecule has 0 aromatic heterocycles. The van der Waals surface area contributed by atoms with Crippen molar-refractivity contribution < 1.29 is 0 Å². The highest BCUT2D eigenvalue weighted by molar-refractivity contribution is 9.26. The van der Waals surface area contributed by atoms with Crippen LogP contribution in [0, 0.1) is 5.92 Å². The lowest BCUT2D eigenvalue weighted by atomic mass is 10.3. The van der Waals surface area contributed by atoms with E-state index in [4.69, 9.17) is 0 Å². The molecule has 10 heavy (non-hydrogen) atoms. The van der Waals surface area contributed by atoms with Crippen molar-refractivity contribution in [2.75, 3.05) is 0 Å². The molecular formula is C4H4Br6. The highest BCUT2D eigenvalue weighted by Crippen LogP contribution is 2.38. The van der Waals surface area contributed by atoms with Crippen LogP contribution >= 0.6 is 95.6 Å². The maximum Gasteiger partial charge on any atom is 0.0763 e. The Balaban J connectivity index is 3.98. The fourth-order valence-electron chi connectivity index (χ4n) is 0.330. The van der Waals surface area contributed by atoms with Crippen molar-refractivity contribution in [1.82, 2.24) is 0 Å². The molecule has 6 heteroatoms. The Labute approximate surface area is 111 Å². The molecule has 0 bridgehead atoms. The molecule has 0 spiro atoms. The zero-order valence-electron chi connectivity index (χ0n) is 4.58. The zero-order valence-corrected chi connectivity index (χ0v) is 14.1. The van der Waals surface area contributed by atoms with Gasteiger partial charge in [0, 0.05) is 5.92 Å². The van der Waals surface area contributed by atoms with Gasteiger partial charge in [0.05, 0.1) is 11.2 Å². The van der Waals surface area contributed by atoms with Crippen LogP contribution in [0.25, 0.3) is 0 Å². The molecule has 0 N–H and O–H groups in total. The Morgan fingerprint density at radius 1 is 0.500 bits per heavy atom. The molecule has 0 aliphatic rings. The average Bonchev–Trinajstić information content (AvgIpc) is 1.59. The average molecular weight is 532 g/mol. The van der Waals surface area contributed by atoms with Crippen molar-refractivity contribution in [1.29, 1.82) is 0 Å². The van der Waals surface area contributed by atoms with E-state index in [1.165, 1.54) is 0 Å². The van der Waals surface area contributed by atoms with Crippen LogP contribution in [0.15, 0.2) is 0 Å². The SMILES string of the molecule is BrC(Br)C(C(Br)Br)C(Br)Br. The molecule has 0 saturated heterocycles. The summed E-state index contributed by atoms with van der Waals surface area (Å²) in [5.74, 6) is 0.389. The van der Waals surface area contributed by atoms with E-state index in [-0.39, 0.29) is 11.2 Å². The van der Waals surface area contributed by atoms with Gasteiger partial charge < -0.3 is 0 Å². The monoisotopic (exact) mass is 526 g/mol. The van der Waals surface area contributed by atoms with Crippen molar-refractivity contribution in [2.45, 2.75) is 11.2 Å². The van der Waals surface area contributed by atoms with Gasteiger partial charge >= 0.3 is 0 Å². The second-order valence-corrected chi connectivity index (χ2v) is 11.2. The summed E-state index contributed by atoms with van der Waals surface area (Å²) in [5.41, 5.74) is 0. The van der Waals surface area contributed by atoms with Crippen LogP contribution in [0.4, 0.5) is 0 Å². The van der Waals surface area contributed by atoms with Crippen molar-refractivity contribution in [3.05, 3.63) is 0 Å². The molecule has 0 amide bonds. The Bertz CT molecular complexity index is 70.7. The lowest BCUT2D eigenvalue weighted by Crippen LogP contribution is -2.21. The molecule has 0 nitrogen and oxygen atoms in total. The second kappa shape index (κ2) is 6.35. The molecule has 0 aliphatic carbocycles. The van der Waals surface area contributed by atoms with Gasteiger partial charge in [-0.15, -0.1) is 0 Å². The number of hydrogen-bond acceptors (Lipinski definition) is 0. The summed E-state index contributed by atoms with van der Waals surface area (Å²) in [6, 6.07) is 0. The standard InChI is InChI=1S/C4H4Br6/c5-2(6)1(3(7)8)4(9)10/h1-4H. The van der Waals surface area contributed by atoms with Gasteiger partial charge in [-0.05, 0) is 0 Å². The van der Waals surface area contributed by atoms with Gasteiger partial charge in [0.25, 0.3) is 0 Å². The minimum absolute atomic E-state index is 0.271. The summed E-state index contributed by atoms with van der Waals surface area (Å²) in [6.07, 6.45) is 0. The van der Waals surface area contributed by atoms with Crippen LogP contribution in [0.3, 0.4) is 0 Å². The van der Waals surface area contributed by atoms with E-state index in [1.807, 2.05) is 0 Å². The zero-order chi connectivity index (χ0) is 8.31. The van der Waals surface area contributed by atoms with Crippen LogP contribution in [0.1, 0.15) is 0 Å². The normalized spacial score (nSPS) is 12.6. The van der Waals surface area contributed by atoms with Gasteiger partial charge in [0.2, 0.25) is 0 Å². The van der Waals surface area contributed by atoms with Gasteiger partial charge in [0.1, 0.15) is 0 Å². The van der Waals surface area contributed by atoms with Crippen molar-refractivity contribution in [3.63, 3.8) is 0 Å². The fraction of sp³-hybridized carbons (Fsp3) is 1.00.